The molecule has 2 rings (SSSR count). The Labute approximate surface area is 120 Å². The van der Waals surface area contributed by atoms with Gasteiger partial charge in [0.05, 0.1) is 6.10 Å². The van der Waals surface area contributed by atoms with Crippen LogP contribution in [0.25, 0.3) is 0 Å². The number of rotatable bonds is 5. The third-order valence-electron chi connectivity index (χ3n) is 3.12. The third kappa shape index (κ3) is 3.75. The van der Waals surface area contributed by atoms with Crippen LogP contribution in [0.2, 0.25) is 0 Å². The highest BCUT2D eigenvalue weighted by molar-refractivity contribution is 7.09. The second-order valence-corrected chi connectivity index (χ2v) is 5.47. The molecule has 0 radical (unpaired) electrons. The zero-order chi connectivity index (χ0) is 14.5. The molecule has 1 aliphatic rings. The summed E-state index contributed by atoms with van der Waals surface area (Å²) in [5.41, 5.74) is 5.91. The van der Waals surface area contributed by atoms with Crippen LogP contribution in [0.1, 0.15) is 28.3 Å². The molecule has 1 saturated heterocycles. The molecule has 1 aromatic heterocycles. The Balaban J connectivity index is 1.84. The first-order chi connectivity index (χ1) is 9.60. The zero-order valence-corrected chi connectivity index (χ0v) is 11.8. The van der Waals surface area contributed by atoms with Crippen molar-refractivity contribution in [3.8, 4) is 0 Å². The molecule has 1 fully saturated rings. The maximum atomic E-state index is 12.2. The number of nitrogens with zero attached hydrogens (tertiary/aromatic N) is 2. The highest BCUT2D eigenvalue weighted by atomic mass is 32.1. The van der Waals surface area contributed by atoms with E-state index in [4.69, 9.17) is 15.6 Å². The minimum atomic E-state index is -0.972. The molecule has 7 nitrogen and oxygen atoms in total. The summed E-state index contributed by atoms with van der Waals surface area (Å²) < 4.78 is 5.23. The number of carboxylic acid groups (broad SMARTS) is 1. The first kappa shape index (κ1) is 14.9. The average Bonchev–Trinajstić information content (AvgIpc) is 2.94. The summed E-state index contributed by atoms with van der Waals surface area (Å²) in [6.45, 7) is 1.16. The summed E-state index contributed by atoms with van der Waals surface area (Å²) in [6, 6.07) is 0. The van der Waals surface area contributed by atoms with Crippen molar-refractivity contribution in [1.29, 1.82) is 0 Å². The van der Waals surface area contributed by atoms with E-state index in [-0.39, 0.29) is 18.6 Å². The van der Waals surface area contributed by atoms with Crippen molar-refractivity contribution < 1.29 is 19.4 Å². The molecular weight excluding hydrogens is 282 g/mol. The molecule has 0 aromatic carbocycles. The highest BCUT2D eigenvalue weighted by Gasteiger charge is 2.25. The number of nitrogens with two attached hydrogens (primary N) is 1. The van der Waals surface area contributed by atoms with Crippen LogP contribution < -0.4 is 5.73 Å². The van der Waals surface area contributed by atoms with E-state index in [0.29, 0.717) is 38.2 Å². The van der Waals surface area contributed by atoms with Crippen molar-refractivity contribution >= 4 is 23.2 Å². The van der Waals surface area contributed by atoms with Crippen LogP contribution in [0.5, 0.6) is 0 Å². The standard InChI is InChI=1S/C12H17N3O4S/c13-5-10-14-9(7-20-10)12(18)15-3-1-8(2-4-15)19-6-11(16)17/h7-8H,1-6,13H2,(H,16,17). The van der Waals surface area contributed by atoms with Gasteiger partial charge in [-0.05, 0) is 12.8 Å². The first-order valence-corrected chi connectivity index (χ1v) is 7.25. The van der Waals surface area contributed by atoms with Gasteiger partial charge in [0, 0.05) is 25.0 Å². The van der Waals surface area contributed by atoms with Gasteiger partial charge in [0.2, 0.25) is 0 Å². The largest absolute Gasteiger partial charge is 0.480 e. The summed E-state index contributed by atoms with van der Waals surface area (Å²) in [5.74, 6) is -1.07. The van der Waals surface area contributed by atoms with Gasteiger partial charge in [0.25, 0.3) is 5.91 Å². The molecular formula is C12H17N3O4S. The summed E-state index contributed by atoms with van der Waals surface area (Å²) in [5, 5.41) is 11.0. The fourth-order valence-electron chi connectivity index (χ4n) is 2.08. The molecule has 3 N–H and O–H groups in total. The van der Waals surface area contributed by atoms with Crippen molar-refractivity contribution in [3.05, 3.63) is 16.1 Å². The maximum Gasteiger partial charge on any atom is 0.329 e. The van der Waals surface area contributed by atoms with Crippen LogP contribution in [0.4, 0.5) is 0 Å². The Morgan fingerprint density at radius 3 is 2.75 bits per heavy atom. The van der Waals surface area contributed by atoms with Crippen LogP contribution in [-0.4, -0.2) is 52.7 Å². The number of hydrogen-bond donors (Lipinski definition) is 2. The van der Waals surface area contributed by atoms with Crippen LogP contribution in [0.3, 0.4) is 0 Å². The van der Waals surface area contributed by atoms with Crippen LogP contribution in [0.15, 0.2) is 5.38 Å². The Bertz CT molecular complexity index is 483. The minimum Gasteiger partial charge on any atom is -0.480 e. The number of aromatic nitrogens is 1. The first-order valence-electron chi connectivity index (χ1n) is 6.37. The van der Waals surface area contributed by atoms with Gasteiger partial charge in [0.15, 0.2) is 0 Å². The Morgan fingerprint density at radius 2 is 2.20 bits per heavy atom. The van der Waals surface area contributed by atoms with Crippen molar-refractivity contribution in [1.82, 2.24) is 9.88 Å². The molecule has 1 aromatic rings. The Hall–Kier alpha value is -1.51. The van der Waals surface area contributed by atoms with Gasteiger partial charge in [0.1, 0.15) is 17.3 Å². The number of thiazole rings is 1. The molecule has 0 saturated carbocycles. The molecule has 2 heterocycles. The second kappa shape index (κ2) is 6.78. The molecule has 1 amide bonds. The van der Waals surface area contributed by atoms with Gasteiger partial charge in [-0.1, -0.05) is 0 Å². The quantitative estimate of drug-likeness (QED) is 0.810. The predicted molar refractivity (Wildman–Crippen MR) is 72.5 cm³/mol. The van der Waals surface area contributed by atoms with E-state index >= 15 is 0 Å². The number of carboxylic acids is 1. The van der Waals surface area contributed by atoms with E-state index in [1.807, 2.05) is 0 Å². The summed E-state index contributed by atoms with van der Waals surface area (Å²) in [4.78, 5) is 28.5. The number of piperidine rings is 1. The Morgan fingerprint density at radius 1 is 1.50 bits per heavy atom. The third-order valence-corrected chi connectivity index (χ3v) is 3.99. The van der Waals surface area contributed by atoms with Crippen molar-refractivity contribution in [2.24, 2.45) is 5.73 Å². The molecule has 20 heavy (non-hydrogen) atoms. The molecule has 0 aliphatic carbocycles. The van der Waals surface area contributed by atoms with E-state index in [1.165, 1.54) is 11.3 Å². The van der Waals surface area contributed by atoms with Crippen LogP contribution in [-0.2, 0) is 16.1 Å². The van der Waals surface area contributed by atoms with E-state index in [2.05, 4.69) is 4.98 Å². The van der Waals surface area contributed by atoms with Crippen LogP contribution in [0, 0.1) is 0 Å². The second-order valence-electron chi connectivity index (χ2n) is 4.53. The lowest BCUT2D eigenvalue weighted by atomic mass is 10.1. The van der Waals surface area contributed by atoms with E-state index < -0.39 is 5.97 Å². The molecule has 8 heteroatoms. The predicted octanol–water partition coefficient (Wildman–Crippen LogP) is 0.308. The number of ether oxygens (including phenoxy) is 1. The van der Waals surface area contributed by atoms with Gasteiger partial charge < -0.3 is 20.5 Å². The van der Waals surface area contributed by atoms with Gasteiger partial charge >= 0.3 is 5.97 Å². The maximum absolute atomic E-state index is 12.2. The summed E-state index contributed by atoms with van der Waals surface area (Å²) >= 11 is 1.38. The molecule has 0 spiro atoms. The van der Waals surface area contributed by atoms with Crippen molar-refractivity contribution in [2.75, 3.05) is 19.7 Å². The monoisotopic (exact) mass is 299 g/mol. The van der Waals surface area contributed by atoms with Gasteiger partial charge in [-0.3, -0.25) is 4.79 Å². The fourth-order valence-corrected chi connectivity index (χ4v) is 2.73. The lowest BCUT2D eigenvalue weighted by Crippen LogP contribution is -2.41. The molecule has 110 valence electrons. The lowest BCUT2D eigenvalue weighted by Gasteiger charge is -2.31. The lowest BCUT2D eigenvalue weighted by molar-refractivity contribution is -0.145. The molecule has 1 aliphatic heterocycles. The molecule has 0 unspecified atom stereocenters. The fraction of sp³-hybridized carbons (Fsp3) is 0.583. The van der Waals surface area contributed by atoms with Gasteiger partial charge in [-0.25, -0.2) is 9.78 Å². The van der Waals surface area contributed by atoms with Gasteiger partial charge in [-0.2, -0.15) is 0 Å². The van der Waals surface area contributed by atoms with E-state index in [0.717, 1.165) is 5.01 Å². The number of carbonyl (C=O) groups is 2. The van der Waals surface area contributed by atoms with E-state index in [9.17, 15) is 9.59 Å². The highest BCUT2D eigenvalue weighted by Crippen LogP contribution is 2.17. The number of hydrogen-bond acceptors (Lipinski definition) is 6. The van der Waals surface area contributed by atoms with Crippen molar-refractivity contribution in [3.63, 3.8) is 0 Å². The van der Waals surface area contributed by atoms with Crippen LogP contribution >= 0.6 is 11.3 Å². The molecule has 0 atom stereocenters. The zero-order valence-electron chi connectivity index (χ0n) is 10.9. The SMILES string of the molecule is NCc1nc(C(=O)N2CCC(OCC(=O)O)CC2)cs1. The number of aliphatic carboxylic acids is 1. The number of likely N-dealkylation sites (tertiary alicyclic amines) is 1. The minimum absolute atomic E-state index is 0.0924. The number of carbonyl (C=O) groups excluding carboxylic acids is 1. The van der Waals surface area contributed by atoms with Crippen molar-refractivity contribution in [2.45, 2.75) is 25.5 Å². The topological polar surface area (TPSA) is 106 Å². The summed E-state index contributed by atoms with van der Waals surface area (Å²) in [6.07, 6.45) is 1.20. The van der Waals surface area contributed by atoms with E-state index in [1.54, 1.807) is 10.3 Å². The van der Waals surface area contributed by atoms with Gasteiger partial charge in [-0.15, -0.1) is 11.3 Å². The normalized spacial score (nSPS) is 16.4. The molecule has 0 bridgehead atoms. The average molecular weight is 299 g/mol. The Kier molecular flexibility index (Phi) is 5.05. The summed E-state index contributed by atoms with van der Waals surface area (Å²) in [7, 11) is 0. The smallest absolute Gasteiger partial charge is 0.329 e. The number of amides is 1.